The van der Waals surface area contributed by atoms with Gasteiger partial charge in [-0.2, -0.15) is 5.10 Å². The Bertz CT molecular complexity index is 1190. The van der Waals surface area contributed by atoms with E-state index in [1.807, 2.05) is 0 Å². The Morgan fingerprint density at radius 3 is 2.54 bits per heavy atom. The summed E-state index contributed by atoms with van der Waals surface area (Å²) in [4.78, 5) is 21.2. The fraction of sp³-hybridized carbons (Fsp3) is 0. The smallest absolute Gasteiger partial charge is 0.266 e. The van der Waals surface area contributed by atoms with Gasteiger partial charge in [0.25, 0.3) is 21.6 Å². The molecule has 1 aromatic heterocycles. The Morgan fingerprint density at radius 1 is 1.14 bits per heavy atom. The highest BCUT2D eigenvalue weighted by Crippen LogP contribution is 2.20. The molecule has 0 spiro atoms. The molecule has 0 aliphatic carbocycles. The minimum atomic E-state index is -4.62. The fourth-order valence-corrected chi connectivity index (χ4v) is 3.27. The number of nitro benzene ring substituents is 1. The molecule has 0 aliphatic heterocycles. The number of sulfonamides is 1. The molecule has 0 aliphatic rings. The van der Waals surface area contributed by atoms with Crippen molar-refractivity contribution in [3.63, 3.8) is 0 Å². The lowest BCUT2D eigenvalue weighted by atomic mass is 10.3. The third-order valence-corrected chi connectivity index (χ3v) is 4.84. The number of hydrogen-bond donors (Lipinski definition) is 1. The summed E-state index contributed by atoms with van der Waals surface area (Å²) in [6.07, 6.45) is 1.24. The van der Waals surface area contributed by atoms with Gasteiger partial charge < -0.3 is 0 Å². The lowest BCUT2D eigenvalue weighted by Crippen LogP contribution is -2.31. The van der Waals surface area contributed by atoms with Gasteiger partial charge in [0.05, 0.1) is 15.9 Å². The zero-order valence-corrected chi connectivity index (χ0v) is 14.6. The number of halogens is 2. The first kappa shape index (κ1) is 19.1. The maximum absolute atomic E-state index is 13.8. The molecule has 0 fully saturated rings. The number of amides is 1. The molecular formula is C16H10F2N4O5S. The van der Waals surface area contributed by atoms with Crippen LogP contribution in [0.15, 0.2) is 59.6 Å². The normalized spacial score (nSPS) is 11.2. The van der Waals surface area contributed by atoms with Crippen LogP contribution in [0.25, 0.3) is 5.69 Å². The largest absolute Gasteiger partial charge is 0.285 e. The van der Waals surface area contributed by atoms with E-state index in [0.717, 1.165) is 10.7 Å². The highest BCUT2D eigenvalue weighted by molar-refractivity contribution is 7.90. The van der Waals surface area contributed by atoms with Gasteiger partial charge in [0.1, 0.15) is 17.3 Å². The number of nitrogens with one attached hydrogen (secondary N) is 1. The summed E-state index contributed by atoms with van der Waals surface area (Å²) in [5.41, 5.74) is -1.13. The van der Waals surface area contributed by atoms with Gasteiger partial charge in [-0.3, -0.25) is 14.9 Å². The standard InChI is InChI=1S/C16H10F2N4O5S/c17-10-7-11(22(24)25)9-12(8-10)28(26,27)20-16(23)14-5-6-21(19-14)15-4-2-1-3-13(15)18/h1-9H,(H,20,23). The van der Waals surface area contributed by atoms with Crippen molar-refractivity contribution in [2.45, 2.75) is 4.90 Å². The van der Waals surface area contributed by atoms with Crippen molar-refractivity contribution in [1.82, 2.24) is 14.5 Å². The monoisotopic (exact) mass is 408 g/mol. The van der Waals surface area contributed by atoms with Crippen molar-refractivity contribution in [2.24, 2.45) is 0 Å². The van der Waals surface area contributed by atoms with Gasteiger partial charge in [0, 0.05) is 12.3 Å². The second kappa shape index (κ2) is 7.15. The van der Waals surface area contributed by atoms with Crippen molar-refractivity contribution >= 4 is 21.6 Å². The van der Waals surface area contributed by atoms with E-state index in [1.165, 1.54) is 24.4 Å². The van der Waals surface area contributed by atoms with Crippen molar-refractivity contribution in [3.05, 3.63) is 82.2 Å². The SMILES string of the molecule is O=C(NS(=O)(=O)c1cc(F)cc([N+](=O)[O-])c1)c1ccn(-c2ccccc2F)n1. The lowest BCUT2D eigenvalue weighted by molar-refractivity contribution is -0.385. The molecule has 12 heteroatoms. The van der Waals surface area contributed by atoms with Crippen LogP contribution in [-0.4, -0.2) is 29.0 Å². The second-order valence-corrected chi connectivity index (χ2v) is 7.12. The second-order valence-electron chi connectivity index (χ2n) is 5.43. The molecule has 0 atom stereocenters. The van der Waals surface area contributed by atoms with Crippen molar-refractivity contribution in [3.8, 4) is 5.69 Å². The van der Waals surface area contributed by atoms with E-state index in [4.69, 9.17) is 0 Å². The number of non-ortho nitro benzene ring substituents is 1. The number of rotatable bonds is 5. The molecule has 0 radical (unpaired) electrons. The molecule has 2 aromatic carbocycles. The predicted molar refractivity (Wildman–Crippen MR) is 91.2 cm³/mol. The average Bonchev–Trinajstić information content (AvgIpc) is 3.11. The van der Waals surface area contributed by atoms with Gasteiger partial charge in [0.2, 0.25) is 0 Å². The van der Waals surface area contributed by atoms with Gasteiger partial charge in [-0.25, -0.2) is 26.6 Å². The first-order valence-corrected chi connectivity index (χ1v) is 8.98. The number of aromatic nitrogens is 2. The highest BCUT2D eigenvalue weighted by Gasteiger charge is 2.24. The summed E-state index contributed by atoms with van der Waals surface area (Å²) in [6.45, 7) is 0. The number of carbonyl (C=O) groups excluding carboxylic acids is 1. The molecule has 3 aromatic rings. The maximum Gasteiger partial charge on any atom is 0.285 e. The molecule has 0 saturated heterocycles. The third-order valence-electron chi connectivity index (χ3n) is 3.53. The van der Waals surface area contributed by atoms with Crippen LogP contribution in [-0.2, 0) is 10.0 Å². The number of benzene rings is 2. The van der Waals surface area contributed by atoms with Crippen LogP contribution in [0.4, 0.5) is 14.5 Å². The van der Waals surface area contributed by atoms with Crippen LogP contribution in [0.5, 0.6) is 0 Å². The van der Waals surface area contributed by atoms with Crippen molar-refractivity contribution in [1.29, 1.82) is 0 Å². The average molecular weight is 408 g/mol. The van der Waals surface area contributed by atoms with Crippen LogP contribution in [0.2, 0.25) is 0 Å². The van der Waals surface area contributed by atoms with E-state index in [1.54, 1.807) is 10.8 Å². The summed E-state index contributed by atoms with van der Waals surface area (Å²) in [7, 11) is -4.62. The van der Waals surface area contributed by atoms with E-state index in [9.17, 15) is 32.1 Å². The Kier molecular flexibility index (Phi) is 4.88. The van der Waals surface area contributed by atoms with E-state index in [-0.39, 0.29) is 11.4 Å². The molecule has 1 N–H and O–H groups in total. The van der Waals surface area contributed by atoms with E-state index >= 15 is 0 Å². The Balaban J connectivity index is 1.87. The zero-order valence-electron chi connectivity index (χ0n) is 13.7. The molecule has 1 amide bonds. The van der Waals surface area contributed by atoms with Crippen LogP contribution < -0.4 is 4.72 Å². The quantitative estimate of drug-likeness (QED) is 0.510. The van der Waals surface area contributed by atoms with Crippen LogP contribution in [0.3, 0.4) is 0 Å². The topological polar surface area (TPSA) is 124 Å². The molecule has 0 saturated carbocycles. The Labute approximate surface area is 156 Å². The molecule has 3 rings (SSSR count). The maximum atomic E-state index is 13.8. The lowest BCUT2D eigenvalue weighted by Gasteiger charge is -2.06. The summed E-state index contributed by atoms with van der Waals surface area (Å²) in [5, 5.41) is 14.6. The number of carbonyl (C=O) groups is 1. The first-order chi connectivity index (χ1) is 13.2. The summed E-state index contributed by atoms with van der Waals surface area (Å²) < 4.78 is 54.4. The molecule has 9 nitrogen and oxygen atoms in total. The molecule has 0 unspecified atom stereocenters. The summed E-state index contributed by atoms with van der Waals surface area (Å²) >= 11 is 0. The van der Waals surface area contributed by atoms with Gasteiger partial charge in [-0.15, -0.1) is 0 Å². The van der Waals surface area contributed by atoms with Gasteiger partial charge >= 0.3 is 0 Å². The van der Waals surface area contributed by atoms with Crippen molar-refractivity contribution < 1.29 is 26.9 Å². The third kappa shape index (κ3) is 3.86. The predicted octanol–water partition coefficient (Wildman–Crippen LogP) is 2.18. The molecule has 28 heavy (non-hydrogen) atoms. The van der Waals surface area contributed by atoms with E-state index < -0.39 is 43.1 Å². The highest BCUT2D eigenvalue weighted by atomic mass is 32.2. The van der Waals surface area contributed by atoms with E-state index in [0.29, 0.717) is 18.2 Å². The number of nitro groups is 1. The van der Waals surface area contributed by atoms with Gasteiger partial charge in [-0.05, 0) is 24.3 Å². The number of para-hydroxylation sites is 1. The van der Waals surface area contributed by atoms with Crippen molar-refractivity contribution in [2.75, 3.05) is 0 Å². The molecular weight excluding hydrogens is 398 g/mol. The number of nitrogens with zero attached hydrogens (tertiary/aromatic N) is 3. The van der Waals surface area contributed by atoms with Gasteiger partial charge in [0.15, 0.2) is 5.69 Å². The van der Waals surface area contributed by atoms with Crippen LogP contribution in [0, 0.1) is 21.7 Å². The number of hydrogen-bond acceptors (Lipinski definition) is 6. The Morgan fingerprint density at radius 2 is 1.86 bits per heavy atom. The molecule has 1 heterocycles. The minimum Gasteiger partial charge on any atom is -0.266 e. The summed E-state index contributed by atoms with van der Waals surface area (Å²) in [5.74, 6) is -2.95. The fourth-order valence-electron chi connectivity index (χ4n) is 2.26. The molecule has 0 bridgehead atoms. The van der Waals surface area contributed by atoms with E-state index in [2.05, 4.69) is 5.10 Å². The zero-order chi connectivity index (χ0) is 20.5. The minimum absolute atomic E-state index is 0.0326. The van der Waals surface area contributed by atoms with Gasteiger partial charge in [-0.1, -0.05) is 12.1 Å². The van der Waals surface area contributed by atoms with Crippen LogP contribution in [0.1, 0.15) is 10.5 Å². The first-order valence-electron chi connectivity index (χ1n) is 7.50. The van der Waals surface area contributed by atoms with Crippen LogP contribution >= 0.6 is 0 Å². The summed E-state index contributed by atoms with van der Waals surface area (Å²) in [6, 6.07) is 8.39. The Hall–Kier alpha value is -3.67. The molecule has 144 valence electrons.